The van der Waals surface area contributed by atoms with Crippen LogP contribution in [0.15, 0.2) is 24.3 Å². The first-order valence-corrected chi connectivity index (χ1v) is 5.81. The third-order valence-corrected chi connectivity index (χ3v) is 2.76. The molecule has 17 heavy (non-hydrogen) atoms. The first kappa shape index (κ1) is 13.5. The number of aliphatic hydroxyl groups is 1. The van der Waals surface area contributed by atoms with Gasteiger partial charge in [0, 0.05) is 5.57 Å². The molecule has 0 atom stereocenters. The van der Waals surface area contributed by atoms with Crippen molar-refractivity contribution in [2.24, 2.45) is 5.73 Å². The summed E-state index contributed by atoms with van der Waals surface area (Å²) < 4.78 is 0. The highest BCUT2D eigenvalue weighted by Crippen LogP contribution is 2.23. The Labute approximate surface area is 102 Å². The Bertz CT molecular complexity index is 436. The SMILES string of the molecule is CCC/C=C(\C(N)=O)c1cccc(C)c1CO. The van der Waals surface area contributed by atoms with E-state index >= 15 is 0 Å². The van der Waals surface area contributed by atoms with E-state index in [2.05, 4.69) is 0 Å². The molecule has 0 aliphatic heterocycles. The molecular weight excluding hydrogens is 214 g/mol. The van der Waals surface area contributed by atoms with Gasteiger partial charge in [0.25, 0.3) is 0 Å². The van der Waals surface area contributed by atoms with E-state index < -0.39 is 5.91 Å². The normalized spacial score (nSPS) is 11.6. The monoisotopic (exact) mass is 233 g/mol. The summed E-state index contributed by atoms with van der Waals surface area (Å²) in [6.45, 7) is 3.87. The van der Waals surface area contributed by atoms with Crippen LogP contribution < -0.4 is 5.73 Å². The maximum Gasteiger partial charge on any atom is 0.248 e. The van der Waals surface area contributed by atoms with Crippen molar-refractivity contribution in [1.29, 1.82) is 0 Å². The first-order chi connectivity index (χ1) is 8.11. The van der Waals surface area contributed by atoms with Gasteiger partial charge in [-0.15, -0.1) is 0 Å². The standard InChI is InChI=1S/C14H19NO2/c1-3-4-7-12(14(15)17)11-8-5-6-10(2)13(11)9-16/h5-8,16H,3-4,9H2,1-2H3,(H2,15,17)/b12-7-. The zero-order valence-electron chi connectivity index (χ0n) is 10.4. The number of primary amides is 1. The number of aryl methyl sites for hydroxylation is 1. The first-order valence-electron chi connectivity index (χ1n) is 5.81. The average Bonchev–Trinajstić information content (AvgIpc) is 2.29. The molecule has 0 spiro atoms. The van der Waals surface area contributed by atoms with Crippen LogP contribution in [0.4, 0.5) is 0 Å². The van der Waals surface area contributed by atoms with Gasteiger partial charge in [0.1, 0.15) is 0 Å². The van der Waals surface area contributed by atoms with Gasteiger partial charge < -0.3 is 10.8 Å². The van der Waals surface area contributed by atoms with Crippen molar-refractivity contribution in [2.75, 3.05) is 0 Å². The fourth-order valence-corrected chi connectivity index (χ4v) is 1.80. The molecule has 0 saturated heterocycles. The Morgan fingerprint density at radius 1 is 1.47 bits per heavy atom. The van der Waals surface area contributed by atoms with E-state index in [9.17, 15) is 9.90 Å². The lowest BCUT2D eigenvalue weighted by Crippen LogP contribution is -2.14. The quantitative estimate of drug-likeness (QED) is 0.765. The predicted octanol–water partition coefficient (Wildman–Crippen LogP) is 2.16. The molecule has 3 heteroatoms. The second-order valence-corrected chi connectivity index (χ2v) is 4.03. The Kier molecular flexibility index (Phi) is 4.91. The highest BCUT2D eigenvalue weighted by molar-refractivity contribution is 6.19. The molecule has 1 amide bonds. The third kappa shape index (κ3) is 3.17. The molecule has 0 heterocycles. The zero-order valence-corrected chi connectivity index (χ0v) is 10.4. The average molecular weight is 233 g/mol. The number of amides is 1. The summed E-state index contributed by atoms with van der Waals surface area (Å²) in [6.07, 6.45) is 3.60. The van der Waals surface area contributed by atoms with Crippen LogP contribution in [0, 0.1) is 6.92 Å². The van der Waals surface area contributed by atoms with E-state index in [1.54, 1.807) is 0 Å². The van der Waals surface area contributed by atoms with Crippen molar-refractivity contribution in [2.45, 2.75) is 33.3 Å². The number of nitrogens with two attached hydrogens (primary N) is 1. The maximum absolute atomic E-state index is 11.5. The molecule has 92 valence electrons. The highest BCUT2D eigenvalue weighted by atomic mass is 16.3. The van der Waals surface area contributed by atoms with E-state index in [1.165, 1.54) is 0 Å². The van der Waals surface area contributed by atoms with E-state index in [1.807, 2.05) is 38.1 Å². The van der Waals surface area contributed by atoms with Gasteiger partial charge in [0.05, 0.1) is 6.61 Å². The molecule has 1 aromatic carbocycles. The summed E-state index contributed by atoms with van der Waals surface area (Å²) in [5.41, 5.74) is 8.38. The summed E-state index contributed by atoms with van der Waals surface area (Å²) in [6, 6.07) is 5.60. The molecule has 0 aromatic heterocycles. The lowest BCUT2D eigenvalue weighted by molar-refractivity contribution is -0.112. The second kappa shape index (κ2) is 6.21. The molecule has 0 saturated carbocycles. The van der Waals surface area contributed by atoms with Gasteiger partial charge in [-0.2, -0.15) is 0 Å². The topological polar surface area (TPSA) is 63.3 Å². The molecule has 0 aliphatic carbocycles. The van der Waals surface area contributed by atoms with Gasteiger partial charge in [-0.3, -0.25) is 4.79 Å². The maximum atomic E-state index is 11.5. The Morgan fingerprint density at radius 2 is 2.18 bits per heavy atom. The minimum absolute atomic E-state index is 0.0846. The largest absolute Gasteiger partial charge is 0.392 e. The number of hydrogen-bond donors (Lipinski definition) is 2. The van der Waals surface area contributed by atoms with Gasteiger partial charge in [-0.25, -0.2) is 0 Å². The number of carbonyl (C=O) groups is 1. The third-order valence-electron chi connectivity index (χ3n) is 2.76. The van der Waals surface area contributed by atoms with Crippen LogP contribution in [0.25, 0.3) is 5.57 Å². The lowest BCUT2D eigenvalue weighted by atomic mass is 9.95. The van der Waals surface area contributed by atoms with Gasteiger partial charge in [0.15, 0.2) is 0 Å². The van der Waals surface area contributed by atoms with Gasteiger partial charge in [-0.1, -0.05) is 37.6 Å². The van der Waals surface area contributed by atoms with Crippen molar-refractivity contribution in [3.8, 4) is 0 Å². The van der Waals surface area contributed by atoms with Crippen LogP contribution in [-0.2, 0) is 11.4 Å². The van der Waals surface area contributed by atoms with E-state index in [4.69, 9.17) is 5.73 Å². The van der Waals surface area contributed by atoms with Crippen molar-refractivity contribution in [1.82, 2.24) is 0 Å². The van der Waals surface area contributed by atoms with Crippen molar-refractivity contribution < 1.29 is 9.90 Å². The lowest BCUT2D eigenvalue weighted by Gasteiger charge is -2.11. The van der Waals surface area contributed by atoms with Gasteiger partial charge in [-0.05, 0) is 30.0 Å². The molecule has 0 bridgehead atoms. The van der Waals surface area contributed by atoms with Crippen LogP contribution in [-0.4, -0.2) is 11.0 Å². The number of hydrogen-bond acceptors (Lipinski definition) is 2. The van der Waals surface area contributed by atoms with Crippen LogP contribution in [0.5, 0.6) is 0 Å². The molecule has 0 fully saturated rings. The Morgan fingerprint density at radius 3 is 2.71 bits per heavy atom. The minimum Gasteiger partial charge on any atom is -0.392 e. The summed E-state index contributed by atoms with van der Waals surface area (Å²) in [4.78, 5) is 11.5. The molecule has 3 N–H and O–H groups in total. The van der Waals surface area contributed by atoms with Crippen molar-refractivity contribution in [3.05, 3.63) is 41.0 Å². The van der Waals surface area contributed by atoms with Gasteiger partial charge >= 0.3 is 0 Å². The van der Waals surface area contributed by atoms with Crippen LogP contribution in [0.1, 0.15) is 36.5 Å². The van der Waals surface area contributed by atoms with Crippen LogP contribution in [0.3, 0.4) is 0 Å². The minimum atomic E-state index is -0.446. The molecule has 3 nitrogen and oxygen atoms in total. The number of allylic oxidation sites excluding steroid dienone is 1. The van der Waals surface area contributed by atoms with E-state index in [-0.39, 0.29) is 6.61 Å². The van der Waals surface area contributed by atoms with Crippen molar-refractivity contribution in [3.63, 3.8) is 0 Å². The molecular formula is C14H19NO2. The molecule has 0 unspecified atom stereocenters. The summed E-state index contributed by atoms with van der Waals surface area (Å²) in [5.74, 6) is -0.446. The van der Waals surface area contributed by atoms with Crippen LogP contribution in [0.2, 0.25) is 0 Å². The summed E-state index contributed by atoms with van der Waals surface area (Å²) in [7, 11) is 0. The number of aliphatic hydroxyl groups excluding tert-OH is 1. The molecule has 1 aromatic rings. The Balaban J connectivity index is 3.28. The van der Waals surface area contributed by atoms with E-state index in [0.29, 0.717) is 5.57 Å². The number of carbonyl (C=O) groups excluding carboxylic acids is 1. The fourth-order valence-electron chi connectivity index (χ4n) is 1.80. The zero-order chi connectivity index (χ0) is 12.8. The fraction of sp³-hybridized carbons (Fsp3) is 0.357. The number of unbranched alkanes of at least 4 members (excludes halogenated alkanes) is 1. The molecule has 0 radical (unpaired) electrons. The molecule has 1 rings (SSSR count). The summed E-state index contributed by atoms with van der Waals surface area (Å²) in [5, 5.41) is 9.38. The highest BCUT2D eigenvalue weighted by Gasteiger charge is 2.13. The smallest absolute Gasteiger partial charge is 0.248 e. The Hall–Kier alpha value is -1.61. The van der Waals surface area contributed by atoms with Crippen LogP contribution >= 0.6 is 0 Å². The van der Waals surface area contributed by atoms with Gasteiger partial charge in [0.2, 0.25) is 5.91 Å². The second-order valence-electron chi connectivity index (χ2n) is 4.03. The number of rotatable bonds is 5. The van der Waals surface area contributed by atoms with E-state index in [0.717, 1.165) is 29.5 Å². The van der Waals surface area contributed by atoms with Crippen molar-refractivity contribution >= 4 is 11.5 Å². The summed E-state index contributed by atoms with van der Waals surface area (Å²) >= 11 is 0. The predicted molar refractivity (Wildman–Crippen MR) is 69.2 cm³/mol. The molecule has 0 aliphatic rings. The number of benzene rings is 1.